The van der Waals surface area contributed by atoms with E-state index in [1.54, 1.807) is 48.5 Å². The van der Waals surface area contributed by atoms with Gasteiger partial charge in [-0.3, -0.25) is 0 Å². The van der Waals surface area contributed by atoms with Crippen LogP contribution in [0.15, 0.2) is 60.7 Å². The number of rotatable bonds is 6. The quantitative estimate of drug-likeness (QED) is 0.558. The van der Waals surface area contributed by atoms with E-state index >= 15 is 0 Å². The van der Waals surface area contributed by atoms with Gasteiger partial charge in [-0.1, -0.05) is 36.4 Å². The number of epoxide rings is 1. The standard InChI is InChI=1S/C21H20O7/c1-24-21-18(28-20(23)14-10-6-3-7-11-14)17-16(27-17)15(26-21)12-25-19(22)13-8-4-2-5-9-13/h2-11,15-18,21H,12H2,1H3/t15-,16+,17+,18-,21+/m1/s1. The maximum absolute atomic E-state index is 12.3. The summed E-state index contributed by atoms with van der Waals surface area (Å²) in [4.78, 5) is 24.4. The Morgan fingerprint density at radius 3 is 2.07 bits per heavy atom. The van der Waals surface area contributed by atoms with E-state index in [-0.39, 0.29) is 18.8 Å². The molecule has 146 valence electrons. The van der Waals surface area contributed by atoms with E-state index in [0.717, 1.165) is 0 Å². The Kier molecular flexibility index (Phi) is 5.38. The number of esters is 2. The Labute approximate surface area is 162 Å². The predicted octanol–water partition coefficient (Wildman–Crippen LogP) is 2.21. The molecule has 2 aliphatic heterocycles. The van der Waals surface area contributed by atoms with Crippen LogP contribution >= 0.6 is 0 Å². The van der Waals surface area contributed by atoms with Crippen LogP contribution in [0.2, 0.25) is 0 Å². The molecule has 2 heterocycles. The second kappa shape index (κ2) is 8.10. The van der Waals surface area contributed by atoms with Crippen molar-refractivity contribution in [1.29, 1.82) is 0 Å². The van der Waals surface area contributed by atoms with E-state index in [0.29, 0.717) is 11.1 Å². The first kappa shape index (κ1) is 18.6. The predicted molar refractivity (Wildman–Crippen MR) is 96.7 cm³/mol. The normalized spacial score (nSPS) is 28.1. The smallest absolute Gasteiger partial charge is 0.338 e. The van der Waals surface area contributed by atoms with Gasteiger partial charge in [-0.2, -0.15) is 0 Å². The fraction of sp³-hybridized carbons (Fsp3) is 0.333. The van der Waals surface area contributed by atoms with E-state index in [2.05, 4.69) is 0 Å². The first-order valence-electron chi connectivity index (χ1n) is 8.99. The molecule has 2 aromatic rings. The second-order valence-electron chi connectivity index (χ2n) is 6.54. The minimum atomic E-state index is -0.808. The highest BCUT2D eigenvalue weighted by molar-refractivity contribution is 5.89. The third-order valence-corrected chi connectivity index (χ3v) is 4.70. The van der Waals surface area contributed by atoms with Crippen molar-refractivity contribution >= 4 is 11.9 Å². The lowest BCUT2D eigenvalue weighted by Gasteiger charge is -2.31. The molecule has 2 saturated heterocycles. The zero-order valence-electron chi connectivity index (χ0n) is 15.2. The van der Waals surface area contributed by atoms with Gasteiger partial charge in [0.25, 0.3) is 0 Å². The average molecular weight is 384 g/mol. The van der Waals surface area contributed by atoms with Crippen molar-refractivity contribution in [3.05, 3.63) is 71.8 Å². The molecule has 2 aromatic carbocycles. The molecule has 5 atom stereocenters. The Balaban J connectivity index is 1.35. The largest absolute Gasteiger partial charge is 0.459 e. The number of methoxy groups -OCH3 is 1. The maximum Gasteiger partial charge on any atom is 0.338 e. The summed E-state index contributed by atoms with van der Waals surface area (Å²) in [5.74, 6) is -0.910. The average Bonchev–Trinajstić information content (AvgIpc) is 3.55. The van der Waals surface area contributed by atoms with Gasteiger partial charge >= 0.3 is 11.9 Å². The van der Waals surface area contributed by atoms with Crippen LogP contribution in [0.3, 0.4) is 0 Å². The second-order valence-corrected chi connectivity index (χ2v) is 6.54. The summed E-state index contributed by atoms with van der Waals surface area (Å²) in [6, 6.07) is 17.4. The zero-order valence-corrected chi connectivity index (χ0v) is 15.2. The SMILES string of the molecule is CO[C@H]1O[C@H](COC(=O)c2ccccc2)[C@@H]2O[C@@H]2[C@H]1OC(=O)c1ccccc1. The fourth-order valence-electron chi connectivity index (χ4n) is 3.21. The van der Waals surface area contributed by atoms with Crippen LogP contribution < -0.4 is 0 Å². The van der Waals surface area contributed by atoms with Crippen LogP contribution in [0, 0.1) is 0 Å². The molecule has 0 amide bonds. The first-order valence-corrected chi connectivity index (χ1v) is 8.99. The summed E-state index contributed by atoms with van der Waals surface area (Å²) in [7, 11) is 1.46. The Bertz CT molecular complexity index is 823. The molecule has 4 rings (SSSR count). The van der Waals surface area contributed by atoms with Crippen molar-refractivity contribution in [1.82, 2.24) is 0 Å². The van der Waals surface area contributed by atoms with Crippen molar-refractivity contribution in [3.63, 3.8) is 0 Å². The molecule has 0 aliphatic carbocycles. The van der Waals surface area contributed by atoms with Gasteiger partial charge in [-0.25, -0.2) is 9.59 Å². The number of carbonyl (C=O) groups is 2. The van der Waals surface area contributed by atoms with Crippen LogP contribution in [-0.4, -0.2) is 56.4 Å². The number of hydrogen-bond donors (Lipinski definition) is 0. The highest BCUT2D eigenvalue weighted by Gasteiger charge is 2.60. The lowest BCUT2D eigenvalue weighted by Crippen LogP contribution is -2.49. The number of fused-ring (bicyclic) bond motifs is 1. The van der Waals surface area contributed by atoms with Crippen LogP contribution in [0.5, 0.6) is 0 Å². The van der Waals surface area contributed by atoms with E-state index in [9.17, 15) is 9.59 Å². The number of carbonyl (C=O) groups excluding carboxylic acids is 2. The van der Waals surface area contributed by atoms with Crippen LogP contribution in [0.25, 0.3) is 0 Å². The zero-order chi connectivity index (χ0) is 19.5. The molecule has 0 aromatic heterocycles. The molecule has 2 aliphatic rings. The van der Waals surface area contributed by atoms with Gasteiger partial charge in [0.05, 0.1) is 11.1 Å². The van der Waals surface area contributed by atoms with Gasteiger partial charge in [0, 0.05) is 7.11 Å². The van der Waals surface area contributed by atoms with E-state index < -0.39 is 30.4 Å². The van der Waals surface area contributed by atoms with Crippen LogP contribution in [0.1, 0.15) is 20.7 Å². The summed E-state index contributed by atoms with van der Waals surface area (Å²) in [5, 5.41) is 0. The van der Waals surface area contributed by atoms with Crippen molar-refractivity contribution < 1.29 is 33.3 Å². The molecule has 0 radical (unpaired) electrons. The van der Waals surface area contributed by atoms with Gasteiger partial charge in [0.2, 0.25) is 0 Å². The minimum Gasteiger partial charge on any atom is -0.459 e. The monoisotopic (exact) mass is 384 g/mol. The highest BCUT2D eigenvalue weighted by atomic mass is 16.7. The van der Waals surface area contributed by atoms with Gasteiger partial charge in [-0.05, 0) is 24.3 Å². The van der Waals surface area contributed by atoms with Crippen LogP contribution in [-0.2, 0) is 23.7 Å². The van der Waals surface area contributed by atoms with Crippen molar-refractivity contribution in [2.45, 2.75) is 30.7 Å². The van der Waals surface area contributed by atoms with Gasteiger partial charge in [-0.15, -0.1) is 0 Å². The van der Waals surface area contributed by atoms with Gasteiger partial charge in [0.1, 0.15) is 24.9 Å². The molecule has 0 N–H and O–H groups in total. The molecule has 2 fully saturated rings. The number of hydrogen-bond acceptors (Lipinski definition) is 7. The lowest BCUT2D eigenvalue weighted by atomic mass is 10.1. The summed E-state index contributed by atoms with van der Waals surface area (Å²) in [6.45, 7) is 0.0219. The molecular formula is C21H20O7. The van der Waals surface area contributed by atoms with Gasteiger partial charge in [0.15, 0.2) is 12.4 Å². The third-order valence-electron chi connectivity index (χ3n) is 4.70. The topological polar surface area (TPSA) is 83.6 Å². The molecule has 0 unspecified atom stereocenters. The molecule has 7 nitrogen and oxygen atoms in total. The summed E-state index contributed by atoms with van der Waals surface area (Å²) in [6.07, 6.45) is -2.66. The molecule has 0 spiro atoms. The highest BCUT2D eigenvalue weighted by Crippen LogP contribution is 2.39. The van der Waals surface area contributed by atoms with Crippen molar-refractivity contribution in [2.24, 2.45) is 0 Å². The Hall–Kier alpha value is -2.74. The minimum absolute atomic E-state index is 0.0219. The molecule has 0 saturated carbocycles. The summed E-state index contributed by atoms with van der Waals surface area (Å²) in [5.41, 5.74) is 0.901. The number of ether oxygens (including phenoxy) is 5. The first-order chi connectivity index (χ1) is 13.7. The van der Waals surface area contributed by atoms with Crippen LogP contribution in [0.4, 0.5) is 0 Å². The molecule has 0 bridgehead atoms. The lowest BCUT2D eigenvalue weighted by molar-refractivity contribution is -0.223. The van der Waals surface area contributed by atoms with E-state index in [1.807, 2.05) is 12.1 Å². The molecule has 7 heteroatoms. The molecule has 28 heavy (non-hydrogen) atoms. The van der Waals surface area contributed by atoms with E-state index in [4.69, 9.17) is 23.7 Å². The maximum atomic E-state index is 12.3. The third kappa shape index (κ3) is 3.91. The molecular weight excluding hydrogens is 364 g/mol. The Morgan fingerprint density at radius 2 is 1.46 bits per heavy atom. The van der Waals surface area contributed by atoms with Crippen molar-refractivity contribution in [2.75, 3.05) is 13.7 Å². The van der Waals surface area contributed by atoms with Crippen molar-refractivity contribution in [3.8, 4) is 0 Å². The fourth-order valence-corrected chi connectivity index (χ4v) is 3.21. The summed E-state index contributed by atoms with van der Waals surface area (Å²) >= 11 is 0. The van der Waals surface area contributed by atoms with E-state index in [1.165, 1.54) is 7.11 Å². The summed E-state index contributed by atoms with van der Waals surface area (Å²) < 4.78 is 27.7. The van der Waals surface area contributed by atoms with Gasteiger partial charge < -0.3 is 23.7 Å². The number of benzene rings is 2. The Morgan fingerprint density at radius 1 is 0.857 bits per heavy atom.